The van der Waals surface area contributed by atoms with E-state index in [-0.39, 0.29) is 11.2 Å². The van der Waals surface area contributed by atoms with Gasteiger partial charge < -0.3 is 14.0 Å². The molecule has 4 rings (SSSR count). The minimum Gasteiger partial charge on any atom is -0.436 e. The number of ether oxygens (including phenoxy) is 1. The fourth-order valence-electron chi connectivity index (χ4n) is 2.76. The summed E-state index contributed by atoms with van der Waals surface area (Å²) in [5.74, 6) is 1.06. The molecule has 1 fully saturated rings. The zero-order chi connectivity index (χ0) is 18.5. The average Bonchev–Trinajstić information content (AvgIpc) is 3.07. The van der Waals surface area contributed by atoms with Crippen LogP contribution in [0.3, 0.4) is 0 Å². The molecular formula is C18H21BN4O3. The monoisotopic (exact) mass is 352 g/mol. The van der Waals surface area contributed by atoms with E-state index in [9.17, 15) is 0 Å². The van der Waals surface area contributed by atoms with Gasteiger partial charge in [0.05, 0.1) is 28.6 Å². The van der Waals surface area contributed by atoms with Crippen LogP contribution in [0.5, 0.6) is 11.6 Å². The molecule has 0 amide bonds. The molecule has 0 unspecified atom stereocenters. The molecule has 4 heterocycles. The maximum Gasteiger partial charge on any atom is 0.498 e. The molecule has 134 valence electrons. The Kier molecular flexibility index (Phi) is 3.78. The smallest absolute Gasteiger partial charge is 0.436 e. The molecule has 1 saturated heterocycles. The third-order valence-electron chi connectivity index (χ3n) is 5.02. The summed E-state index contributed by atoms with van der Waals surface area (Å²) >= 11 is 0. The maximum atomic E-state index is 6.13. The number of fused-ring (bicyclic) bond motifs is 1. The van der Waals surface area contributed by atoms with E-state index in [4.69, 9.17) is 14.0 Å². The molecule has 26 heavy (non-hydrogen) atoms. The van der Waals surface area contributed by atoms with E-state index in [0.29, 0.717) is 11.6 Å². The maximum absolute atomic E-state index is 6.13. The lowest BCUT2D eigenvalue weighted by Gasteiger charge is -2.32. The summed E-state index contributed by atoms with van der Waals surface area (Å²) in [5.41, 5.74) is 1.86. The van der Waals surface area contributed by atoms with Crippen LogP contribution in [-0.4, -0.2) is 38.1 Å². The van der Waals surface area contributed by atoms with Gasteiger partial charge in [-0.25, -0.2) is 4.52 Å². The van der Waals surface area contributed by atoms with Crippen LogP contribution in [-0.2, 0) is 9.31 Å². The number of rotatable bonds is 3. The van der Waals surface area contributed by atoms with Crippen LogP contribution in [0.25, 0.3) is 5.52 Å². The first-order valence-electron chi connectivity index (χ1n) is 8.56. The van der Waals surface area contributed by atoms with Crippen molar-refractivity contribution in [2.24, 2.45) is 0 Å². The zero-order valence-corrected chi connectivity index (χ0v) is 15.6. The van der Waals surface area contributed by atoms with Crippen molar-refractivity contribution in [3.63, 3.8) is 0 Å². The molecule has 0 spiro atoms. The molecule has 3 aromatic rings. The summed E-state index contributed by atoms with van der Waals surface area (Å²) in [5, 5.41) is 12.4. The van der Waals surface area contributed by atoms with Crippen LogP contribution in [0.4, 0.5) is 0 Å². The van der Waals surface area contributed by atoms with Crippen LogP contribution in [0, 0.1) is 6.92 Å². The standard InChI is InChI=1S/C18H21BN4O3/c1-12-6-9-16(22-21-12)24-13-7-8-15-14(10-20-23(15)11-13)19-25-17(2,3)18(4,5)26-19/h6-11H,1-5H3. The van der Waals surface area contributed by atoms with Crippen LogP contribution in [0.1, 0.15) is 33.4 Å². The van der Waals surface area contributed by atoms with Gasteiger partial charge in [-0.3, -0.25) is 0 Å². The molecule has 0 atom stereocenters. The molecule has 8 heteroatoms. The SMILES string of the molecule is Cc1ccc(Oc2ccc3c(B4OC(C)(C)C(C)(C)O4)cnn3c2)nn1. The summed E-state index contributed by atoms with van der Waals surface area (Å²) in [6.07, 6.45) is 3.57. The van der Waals surface area contributed by atoms with Gasteiger partial charge in [0.15, 0.2) is 0 Å². The van der Waals surface area contributed by atoms with Crippen molar-refractivity contribution in [3.05, 3.63) is 42.4 Å². The highest BCUT2D eigenvalue weighted by Crippen LogP contribution is 2.36. The van der Waals surface area contributed by atoms with E-state index in [1.165, 1.54) is 0 Å². The molecular weight excluding hydrogens is 331 g/mol. The number of aromatic nitrogens is 4. The molecule has 0 aliphatic carbocycles. The second-order valence-corrected chi connectivity index (χ2v) is 7.50. The predicted octanol–water partition coefficient (Wildman–Crippen LogP) is 2.52. The average molecular weight is 352 g/mol. The van der Waals surface area contributed by atoms with Gasteiger partial charge in [-0.1, -0.05) is 0 Å². The van der Waals surface area contributed by atoms with Crippen molar-refractivity contribution in [1.82, 2.24) is 19.8 Å². The molecule has 3 aromatic heterocycles. The third kappa shape index (κ3) is 2.85. The van der Waals surface area contributed by atoms with Crippen LogP contribution >= 0.6 is 0 Å². The van der Waals surface area contributed by atoms with Crippen molar-refractivity contribution in [1.29, 1.82) is 0 Å². The van der Waals surface area contributed by atoms with Gasteiger partial charge in [-0.2, -0.15) is 10.2 Å². The fraction of sp³-hybridized carbons (Fsp3) is 0.389. The fourth-order valence-corrected chi connectivity index (χ4v) is 2.76. The third-order valence-corrected chi connectivity index (χ3v) is 5.02. The molecule has 0 saturated carbocycles. The largest absolute Gasteiger partial charge is 0.498 e. The summed E-state index contributed by atoms with van der Waals surface area (Å²) in [7, 11) is -0.452. The highest BCUT2D eigenvalue weighted by atomic mass is 16.7. The molecule has 0 radical (unpaired) electrons. The van der Waals surface area contributed by atoms with E-state index in [2.05, 4.69) is 15.3 Å². The Bertz CT molecular complexity index is 937. The highest BCUT2D eigenvalue weighted by Gasteiger charge is 2.52. The Morgan fingerprint density at radius 2 is 1.73 bits per heavy atom. The zero-order valence-electron chi connectivity index (χ0n) is 15.6. The number of hydrogen-bond donors (Lipinski definition) is 0. The van der Waals surface area contributed by atoms with Crippen molar-refractivity contribution < 1.29 is 14.0 Å². The molecule has 1 aliphatic rings. The van der Waals surface area contributed by atoms with Gasteiger partial charge in [-0.15, -0.1) is 5.10 Å². The molecule has 0 bridgehead atoms. The van der Waals surface area contributed by atoms with Crippen molar-refractivity contribution in [3.8, 4) is 11.6 Å². The Balaban J connectivity index is 1.61. The van der Waals surface area contributed by atoms with Gasteiger partial charge in [0, 0.05) is 17.7 Å². The second kappa shape index (κ2) is 5.79. The minimum atomic E-state index is -0.452. The topological polar surface area (TPSA) is 70.8 Å². The Morgan fingerprint density at radius 1 is 1.00 bits per heavy atom. The number of pyridine rings is 1. The second-order valence-electron chi connectivity index (χ2n) is 7.50. The summed E-state index contributed by atoms with van der Waals surface area (Å²) in [4.78, 5) is 0. The Hall–Kier alpha value is -2.45. The van der Waals surface area contributed by atoms with Gasteiger partial charge in [-0.05, 0) is 52.8 Å². The predicted molar refractivity (Wildman–Crippen MR) is 97.8 cm³/mol. The molecule has 7 nitrogen and oxygen atoms in total. The minimum absolute atomic E-state index is 0.390. The van der Waals surface area contributed by atoms with E-state index >= 15 is 0 Å². The number of hydrogen-bond acceptors (Lipinski definition) is 6. The number of aryl methyl sites for hydroxylation is 1. The van der Waals surface area contributed by atoms with Crippen molar-refractivity contribution in [2.45, 2.75) is 45.8 Å². The number of nitrogens with zero attached hydrogens (tertiary/aromatic N) is 4. The van der Waals surface area contributed by atoms with Gasteiger partial charge in [0.25, 0.3) is 0 Å². The van der Waals surface area contributed by atoms with Gasteiger partial charge >= 0.3 is 7.12 Å². The normalized spacial score (nSPS) is 18.4. The summed E-state index contributed by atoms with van der Waals surface area (Å²) < 4.78 is 19.7. The van der Waals surface area contributed by atoms with Crippen LogP contribution < -0.4 is 10.2 Å². The van der Waals surface area contributed by atoms with E-state index in [1.54, 1.807) is 23.0 Å². The molecule has 0 aromatic carbocycles. The van der Waals surface area contributed by atoms with E-state index in [1.807, 2.05) is 52.8 Å². The lowest BCUT2D eigenvalue weighted by molar-refractivity contribution is 0.00578. The van der Waals surface area contributed by atoms with E-state index < -0.39 is 7.12 Å². The Morgan fingerprint density at radius 3 is 2.38 bits per heavy atom. The van der Waals surface area contributed by atoms with E-state index in [0.717, 1.165) is 16.7 Å². The lowest BCUT2D eigenvalue weighted by atomic mass is 9.80. The first kappa shape index (κ1) is 17.0. The Labute approximate surface area is 152 Å². The molecule has 1 aliphatic heterocycles. The van der Waals surface area contributed by atoms with Gasteiger partial charge in [0.2, 0.25) is 5.88 Å². The van der Waals surface area contributed by atoms with Crippen molar-refractivity contribution >= 4 is 18.1 Å². The lowest BCUT2D eigenvalue weighted by Crippen LogP contribution is -2.41. The first-order chi connectivity index (χ1) is 12.2. The quantitative estimate of drug-likeness (QED) is 0.675. The first-order valence-corrected chi connectivity index (χ1v) is 8.56. The molecule has 0 N–H and O–H groups in total. The van der Waals surface area contributed by atoms with Gasteiger partial charge in [0.1, 0.15) is 5.75 Å². The van der Waals surface area contributed by atoms with Crippen molar-refractivity contribution in [2.75, 3.05) is 0 Å². The highest BCUT2D eigenvalue weighted by molar-refractivity contribution is 6.64. The van der Waals surface area contributed by atoms with Crippen LogP contribution in [0.15, 0.2) is 36.7 Å². The summed E-state index contributed by atoms with van der Waals surface area (Å²) in [6, 6.07) is 7.44. The summed E-state index contributed by atoms with van der Waals surface area (Å²) in [6.45, 7) is 10.0. The van der Waals surface area contributed by atoms with Crippen LogP contribution in [0.2, 0.25) is 0 Å².